The molecule has 0 aliphatic heterocycles. The van der Waals surface area contributed by atoms with Gasteiger partial charge in [-0.3, -0.25) is 14.5 Å². The van der Waals surface area contributed by atoms with Gasteiger partial charge in [0.25, 0.3) is 0 Å². The highest BCUT2D eigenvalue weighted by molar-refractivity contribution is 5.87. The van der Waals surface area contributed by atoms with Gasteiger partial charge >= 0.3 is 0 Å². The predicted octanol–water partition coefficient (Wildman–Crippen LogP) is 2.86. The largest absolute Gasteiger partial charge is 0.350 e. The molecule has 140 valence electrons. The summed E-state index contributed by atoms with van der Waals surface area (Å²) in [5.41, 5.74) is 0.813. The minimum Gasteiger partial charge on any atom is -0.350 e. The summed E-state index contributed by atoms with van der Waals surface area (Å²) in [5.74, 6) is -0.189. The zero-order valence-electron chi connectivity index (χ0n) is 16.3. The second-order valence-electron chi connectivity index (χ2n) is 7.83. The van der Waals surface area contributed by atoms with Crippen LogP contribution in [-0.2, 0) is 9.59 Å². The van der Waals surface area contributed by atoms with Crippen LogP contribution in [-0.4, -0.2) is 42.4 Å². The highest BCUT2D eigenvalue weighted by Gasteiger charge is 2.17. The summed E-state index contributed by atoms with van der Waals surface area (Å²) in [4.78, 5) is 26.0. The fourth-order valence-electron chi connectivity index (χ4n) is 3.00. The van der Waals surface area contributed by atoms with E-state index < -0.39 is 0 Å². The summed E-state index contributed by atoms with van der Waals surface area (Å²) in [6, 6.07) is 14.1. The van der Waals surface area contributed by atoms with Crippen LogP contribution in [0.25, 0.3) is 10.8 Å². The van der Waals surface area contributed by atoms with Gasteiger partial charge in [-0.15, -0.1) is 0 Å². The molecule has 0 bridgehead atoms. The van der Waals surface area contributed by atoms with E-state index in [0.29, 0.717) is 0 Å². The number of carbonyl (C=O) groups is 2. The molecule has 0 aromatic heterocycles. The molecule has 0 spiro atoms. The third-order valence-electron chi connectivity index (χ3n) is 4.01. The Labute approximate surface area is 155 Å². The van der Waals surface area contributed by atoms with Crippen LogP contribution in [0.1, 0.15) is 39.3 Å². The third-order valence-corrected chi connectivity index (χ3v) is 4.01. The lowest BCUT2D eigenvalue weighted by atomic mass is 10.00. The number of amides is 2. The van der Waals surface area contributed by atoms with E-state index in [0.717, 1.165) is 16.3 Å². The average Bonchev–Trinajstić information content (AvgIpc) is 2.51. The van der Waals surface area contributed by atoms with Gasteiger partial charge in [0.1, 0.15) is 0 Å². The van der Waals surface area contributed by atoms with E-state index in [1.807, 2.05) is 52.0 Å². The number of nitrogens with zero attached hydrogens (tertiary/aromatic N) is 1. The lowest BCUT2D eigenvalue weighted by Crippen LogP contribution is -2.47. The number of carbonyl (C=O) groups excluding carboxylic acids is 2. The zero-order valence-corrected chi connectivity index (χ0v) is 16.3. The second-order valence-corrected chi connectivity index (χ2v) is 7.83. The molecule has 0 unspecified atom stereocenters. The van der Waals surface area contributed by atoms with Crippen LogP contribution in [0, 0.1) is 0 Å². The van der Waals surface area contributed by atoms with Crippen molar-refractivity contribution in [1.82, 2.24) is 15.5 Å². The van der Waals surface area contributed by atoms with Crippen LogP contribution in [0.3, 0.4) is 0 Å². The molecule has 2 rings (SSSR count). The fourth-order valence-corrected chi connectivity index (χ4v) is 3.00. The second kappa shape index (κ2) is 8.32. The number of likely N-dealkylation sites (N-methyl/N-ethyl adjacent to an activating group) is 1. The van der Waals surface area contributed by atoms with Gasteiger partial charge in [0, 0.05) is 5.54 Å². The Balaban J connectivity index is 1.93. The first-order valence-electron chi connectivity index (χ1n) is 8.92. The number of benzene rings is 2. The standard InChI is InChI=1S/C21H29N3O2/c1-15(17-12-8-10-16-9-6-7-11-18(16)17)22-19(25)13-24(5)14-20(26)23-21(2,3)4/h6-12,15H,13-14H2,1-5H3,(H,22,25)(H,23,26)/t15-/m1/s1. The number of hydrogen-bond acceptors (Lipinski definition) is 3. The Kier molecular flexibility index (Phi) is 6.37. The van der Waals surface area contributed by atoms with E-state index in [1.54, 1.807) is 11.9 Å². The van der Waals surface area contributed by atoms with Crippen molar-refractivity contribution in [1.29, 1.82) is 0 Å². The monoisotopic (exact) mass is 355 g/mol. The van der Waals surface area contributed by atoms with Crippen molar-refractivity contribution < 1.29 is 9.59 Å². The van der Waals surface area contributed by atoms with Crippen LogP contribution >= 0.6 is 0 Å². The van der Waals surface area contributed by atoms with Crippen LogP contribution < -0.4 is 10.6 Å². The molecule has 0 heterocycles. The molecule has 0 saturated heterocycles. The van der Waals surface area contributed by atoms with Gasteiger partial charge < -0.3 is 10.6 Å². The van der Waals surface area contributed by atoms with Crippen LogP contribution in [0.5, 0.6) is 0 Å². The maximum Gasteiger partial charge on any atom is 0.234 e. The van der Waals surface area contributed by atoms with Crippen molar-refractivity contribution in [3.8, 4) is 0 Å². The minimum atomic E-state index is -0.275. The lowest BCUT2D eigenvalue weighted by molar-refractivity contribution is -0.125. The highest BCUT2D eigenvalue weighted by atomic mass is 16.2. The first kappa shape index (κ1) is 19.9. The maximum absolute atomic E-state index is 12.4. The Bertz CT molecular complexity index is 775. The Morgan fingerprint density at radius 3 is 2.31 bits per heavy atom. The number of fused-ring (bicyclic) bond motifs is 1. The molecule has 5 heteroatoms. The van der Waals surface area contributed by atoms with Gasteiger partial charge in [-0.25, -0.2) is 0 Å². The summed E-state index contributed by atoms with van der Waals surface area (Å²) >= 11 is 0. The Morgan fingerprint density at radius 2 is 1.62 bits per heavy atom. The Hall–Kier alpha value is -2.40. The molecule has 1 atom stereocenters. The molecule has 26 heavy (non-hydrogen) atoms. The van der Waals surface area contributed by atoms with Crippen molar-refractivity contribution in [2.45, 2.75) is 39.3 Å². The normalized spacial score (nSPS) is 12.8. The molecule has 0 radical (unpaired) electrons. The van der Waals surface area contributed by atoms with Gasteiger partial charge in [0.2, 0.25) is 11.8 Å². The summed E-state index contributed by atoms with van der Waals surface area (Å²) in [7, 11) is 1.77. The van der Waals surface area contributed by atoms with Crippen LogP contribution in [0.4, 0.5) is 0 Å². The SMILES string of the molecule is C[C@@H](NC(=O)CN(C)CC(=O)NC(C)(C)C)c1cccc2ccccc12. The number of rotatable bonds is 6. The average molecular weight is 355 g/mol. The molecule has 0 fully saturated rings. The molecule has 0 saturated carbocycles. The van der Waals surface area contributed by atoms with Gasteiger partial charge in [0.15, 0.2) is 0 Å². The third kappa shape index (κ3) is 5.85. The first-order chi connectivity index (χ1) is 12.2. The lowest BCUT2D eigenvalue weighted by Gasteiger charge is -2.23. The van der Waals surface area contributed by atoms with Gasteiger partial charge in [-0.1, -0.05) is 42.5 Å². The van der Waals surface area contributed by atoms with Crippen molar-refractivity contribution in [3.05, 3.63) is 48.0 Å². The molecule has 5 nitrogen and oxygen atoms in total. The molecule has 2 aromatic rings. The summed E-state index contributed by atoms with van der Waals surface area (Å²) < 4.78 is 0. The van der Waals surface area contributed by atoms with Crippen molar-refractivity contribution in [2.24, 2.45) is 0 Å². The summed E-state index contributed by atoms with van der Waals surface area (Å²) in [6.45, 7) is 8.14. The molecule has 2 amide bonds. The van der Waals surface area contributed by atoms with Crippen LogP contribution in [0.15, 0.2) is 42.5 Å². The molecule has 0 aliphatic rings. The summed E-state index contributed by atoms with van der Waals surface area (Å²) in [5, 5.41) is 8.22. The topological polar surface area (TPSA) is 61.4 Å². The quantitative estimate of drug-likeness (QED) is 0.838. The van der Waals surface area contributed by atoms with E-state index in [4.69, 9.17) is 0 Å². The van der Waals surface area contributed by atoms with Crippen LogP contribution in [0.2, 0.25) is 0 Å². The number of hydrogen-bond donors (Lipinski definition) is 2. The van der Waals surface area contributed by atoms with E-state index in [2.05, 4.69) is 28.8 Å². The molecule has 2 aromatic carbocycles. The smallest absolute Gasteiger partial charge is 0.234 e. The van der Waals surface area contributed by atoms with E-state index in [9.17, 15) is 9.59 Å². The van der Waals surface area contributed by atoms with Crippen molar-refractivity contribution in [3.63, 3.8) is 0 Å². The zero-order chi connectivity index (χ0) is 19.3. The summed E-state index contributed by atoms with van der Waals surface area (Å²) in [6.07, 6.45) is 0. The van der Waals surface area contributed by atoms with Gasteiger partial charge in [0.05, 0.1) is 19.1 Å². The maximum atomic E-state index is 12.4. The molecule has 2 N–H and O–H groups in total. The van der Waals surface area contributed by atoms with E-state index in [-0.39, 0.29) is 36.5 Å². The Morgan fingerprint density at radius 1 is 1.00 bits per heavy atom. The van der Waals surface area contributed by atoms with Gasteiger partial charge in [-0.05, 0) is 51.1 Å². The fraction of sp³-hybridized carbons (Fsp3) is 0.429. The first-order valence-corrected chi connectivity index (χ1v) is 8.92. The van der Waals surface area contributed by atoms with Crippen molar-refractivity contribution in [2.75, 3.05) is 20.1 Å². The molecular formula is C21H29N3O2. The molecular weight excluding hydrogens is 326 g/mol. The predicted molar refractivity (Wildman–Crippen MR) is 106 cm³/mol. The van der Waals surface area contributed by atoms with E-state index >= 15 is 0 Å². The van der Waals surface area contributed by atoms with E-state index in [1.165, 1.54) is 0 Å². The minimum absolute atomic E-state index is 0.0881. The van der Waals surface area contributed by atoms with Crippen molar-refractivity contribution >= 4 is 22.6 Å². The molecule has 0 aliphatic carbocycles. The highest BCUT2D eigenvalue weighted by Crippen LogP contribution is 2.23. The van der Waals surface area contributed by atoms with Gasteiger partial charge in [-0.2, -0.15) is 0 Å². The number of nitrogens with one attached hydrogen (secondary N) is 2.